The van der Waals surface area contributed by atoms with E-state index in [0.29, 0.717) is 5.56 Å². The predicted molar refractivity (Wildman–Crippen MR) is 130 cm³/mol. The monoisotopic (exact) mass is 544 g/mol. The number of ketones is 1. The number of ether oxygens (including phenoxy) is 5. The van der Waals surface area contributed by atoms with Crippen molar-refractivity contribution in [1.82, 2.24) is 0 Å². The van der Waals surface area contributed by atoms with Crippen molar-refractivity contribution in [3.05, 3.63) is 52.1 Å². The van der Waals surface area contributed by atoms with Gasteiger partial charge in [-0.1, -0.05) is 6.07 Å². The zero-order chi connectivity index (χ0) is 28.8. The molecule has 39 heavy (non-hydrogen) atoms. The molecule has 0 saturated carbocycles. The highest BCUT2D eigenvalue weighted by Gasteiger charge is 2.49. The van der Waals surface area contributed by atoms with Crippen LogP contribution in [0.2, 0.25) is 0 Å². The molecule has 3 N–H and O–H groups in total. The zero-order valence-corrected chi connectivity index (χ0v) is 21.8. The number of benzene rings is 2. The summed E-state index contributed by atoms with van der Waals surface area (Å²) >= 11 is 0. The predicted octanol–water partition coefficient (Wildman–Crippen LogP) is 1.95. The van der Waals surface area contributed by atoms with Crippen molar-refractivity contribution in [2.45, 2.75) is 71.4 Å². The second-order valence-corrected chi connectivity index (χ2v) is 9.44. The molecule has 1 heterocycles. The highest BCUT2D eigenvalue weighted by molar-refractivity contribution is 6.16. The van der Waals surface area contributed by atoms with E-state index in [1.165, 1.54) is 26.0 Å². The number of fused-ring (bicyclic) bond motifs is 2. The van der Waals surface area contributed by atoms with E-state index >= 15 is 0 Å². The summed E-state index contributed by atoms with van der Waals surface area (Å²) in [5.74, 6) is -3.84. The Kier molecular flexibility index (Phi) is 7.53. The molecule has 6 atom stereocenters. The van der Waals surface area contributed by atoms with Crippen molar-refractivity contribution in [2.75, 3.05) is 0 Å². The molecule has 4 rings (SSSR count). The van der Waals surface area contributed by atoms with Gasteiger partial charge in [-0.3, -0.25) is 19.2 Å². The number of aliphatic hydroxyl groups excluding tert-OH is 1. The Bertz CT molecular complexity index is 1350. The average molecular weight is 545 g/mol. The van der Waals surface area contributed by atoms with Gasteiger partial charge >= 0.3 is 17.9 Å². The Morgan fingerprint density at radius 2 is 1.36 bits per heavy atom. The largest absolute Gasteiger partial charge is 0.507 e. The molecular weight excluding hydrogens is 516 g/mol. The minimum absolute atomic E-state index is 0.0761. The third-order valence-electron chi connectivity index (χ3n) is 6.33. The maximum absolute atomic E-state index is 13.3. The fraction of sp³-hybridized carbons (Fsp3) is 0.407. The molecule has 1 unspecified atom stereocenters. The normalized spacial score (nSPS) is 25.6. The summed E-state index contributed by atoms with van der Waals surface area (Å²) in [4.78, 5) is 48.9. The summed E-state index contributed by atoms with van der Waals surface area (Å²) in [6.45, 7) is 6.59. The van der Waals surface area contributed by atoms with E-state index in [1.54, 1.807) is 13.0 Å². The molecule has 2 aliphatic rings. The Morgan fingerprint density at radius 1 is 0.821 bits per heavy atom. The van der Waals surface area contributed by atoms with Crippen molar-refractivity contribution in [1.29, 1.82) is 0 Å². The van der Waals surface area contributed by atoms with Gasteiger partial charge in [0.25, 0.3) is 0 Å². The highest BCUT2D eigenvalue weighted by atomic mass is 16.7. The quantitative estimate of drug-likeness (QED) is 0.369. The van der Waals surface area contributed by atoms with Crippen LogP contribution in [0.25, 0.3) is 0 Å². The maximum atomic E-state index is 13.3. The molecular formula is C27H28O12. The van der Waals surface area contributed by atoms with Crippen LogP contribution in [0, 0.1) is 6.92 Å². The Balaban J connectivity index is 1.79. The van der Waals surface area contributed by atoms with Crippen LogP contribution < -0.4 is 4.74 Å². The number of phenols is 2. The lowest BCUT2D eigenvalue weighted by Gasteiger charge is -2.42. The van der Waals surface area contributed by atoms with Gasteiger partial charge in [0.2, 0.25) is 18.2 Å². The molecule has 1 aliphatic heterocycles. The van der Waals surface area contributed by atoms with Gasteiger partial charge in [0.05, 0.1) is 17.2 Å². The molecule has 208 valence electrons. The van der Waals surface area contributed by atoms with Crippen molar-refractivity contribution in [2.24, 2.45) is 0 Å². The summed E-state index contributed by atoms with van der Waals surface area (Å²) in [6.07, 6.45) is -7.61. The van der Waals surface area contributed by atoms with Gasteiger partial charge in [-0.25, -0.2) is 0 Å². The van der Waals surface area contributed by atoms with Gasteiger partial charge in [0, 0.05) is 38.0 Å². The summed E-state index contributed by atoms with van der Waals surface area (Å²) in [5, 5.41) is 31.9. The first kappa shape index (κ1) is 27.9. The smallest absolute Gasteiger partial charge is 0.303 e. The Hall–Kier alpha value is -4.16. The van der Waals surface area contributed by atoms with E-state index in [0.717, 1.165) is 19.9 Å². The number of aliphatic hydroxyl groups is 1. The first-order valence-corrected chi connectivity index (χ1v) is 12.1. The lowest BCUT2D eigenvalue weighted by molar-refractivity contribution is -0.277. The van der Waals surface area contributed by atoms with Gasteiger partial charge in [-0.15, -0.1) is 0 Å². The lowest BCUT2D eigenvalue weighted by Crippen LogP contribution is -2.60. The number of aromatic hydroxyl groups is 2. The van der Waals surface area contributed by atoms with Crippen molar-refractivity contribution in [3.8, 4) is 17.2 Å². The van der Waals surface area contributed by atoms with Gasteiger partial charge in [-0.2, -0.15) is 0 Å². The summed E-state index contributed by atoms with van der Waals surface area (Å²) < 4.78 is 27.6. The second kappa shape index (κ2) is 10.5. The summed E-state index contributed by atoms with van der Waals surface area (Å²) in [5.41, 5.74) is 0.575. The van der Waals surface area contributed by atoms with Crippen LogP contribution in [0.3, 0.4) is 0 Å². The van der Waals surface area contributed by atoms with Gasteiger partial charge < -0.3 is 39.0 Å². The standard InChI is InChI=1S/C27H28O12/c1-10-6-16-20(18(31)7-10)23(34)21-17(24(16)36-12(3)28)8-15(9-19(21)32)39-27-26(38-14(5)30)25(37-13(4)29)22(33)11(2)35-27/h6-9,11,22,24-27,31-33H,1-5H3/t11-,22-,24?,25+,26+,27-/m0/s1. The number of hydrogen-bond acceptors (Lipinski definition) is 12. The number of hydrogen-bond donors (Lipinski definition) is 3. The molecule has 2 aromatic carbocycles. The van der Waals surface area contributed by atoms with Gasteiger partial charge in [0.15, 0.2) is 12.2 Å². The SMILES string of the molecule is CC(=O)OC1c2cc(C)cc(O)c2C(=O)c2c(O)cc(O[C@@H]3O[C@@H](C)[C@H](O)[C@@H](OC(C)=O)[C@H]3OC(C)=O)cc21. The van der Waals surface area contributed by atoms with Crippen molar-refractivity contribution >= 4 is 23.7 Å². The fourth-order valence-electron chi connectivity index (χ4n) is 4.84. The zero-order valence-electron chi connectivity index (χ0n) is 21.8. The van der Waals surface area contributed by atoms with E-state index in [4.69, 9.17) is 23.7 Å². The van der Waals surface area contributed by atoms with Crippen LogP contribution in [-0.2, 0) is 33.3 Å². The lowest BCUT2D eigenvalue weighted by atomic mass is 9.81. The van der Waals surface area contributed by atoms with E-state index in [9.17, 15) is 34.5 Å². The van der Waals surface area contributed by atoms with Gasteiger partial charge in [0.1, 0.15) is 23.4 Å². The maximum Gasteiger partial charge on any atom is 0.303 e. The first-order chi connectivity index (χ1) is 18.3. The molecule has 1 fully saturated rings. The van der Waals surface area contributed by atoms with Crippen molar-refractivity contribution in [3.63, 3.8) is 0 Å². The Morgan fingerprint density at radius 3 is 1.95 bits per heavy atom. The number of rotatable bonds is 5. The first-order valence-electron chi connectivity index (χ1n) is 12.1. The third kappa shape index (κ3) is 5.38. The molecule has 0 amide bonds. The number of esters is 3. The summed E-state index contributed by atoms with van der Waals surface area (Å²) in [7, 11) is 0. The Labute approximate surface area is 223 Å². The van der Waals surface area contributed by atoms with Crippen LogP contribution in [0.4, 0.5) is 0 Å². The van der Waals surface area contributed by atoms with Crippen LogP contribution in [0.1, 0.15) is 66.4 Å². The summed E-state index contributed by atoms with van der Waals surface area (Å²) in [6, 6.07) is 5.41. The molecule has 12 nitrogen and oxygen atoms in total. The molecule has 0 bridgehead atoms. The third-order valence-corrected chi connectivity index (χ3v) is 6.33. The highest BCUT2D eigenvalue weighted by Crippen LogP contribution is 2.46. The molecule has 0 aromatic heterocycles. The minimum atomic E-state index is -1.42. The minimum Gasteiger partial charge on any atom is -0.507 e. The van der Waals surface area contributed by atoms with E-state index in [1.807, 2.05) is 0 Å². The topological polar surface area (TPSA) is 175 Å². The van der Waals surface area contributed by atoms with Crippen LogP contribution in [0.5, 0.6) is 17.2 Å². The number of carbonyl (C=O) groups is 4. The van der Waals surface area contributed by atoms with Crippen LogP contribution in [0.15, 0.2) is 24.3 Å². The van der Waals surface area contributed by atoms with E-state index in [-0.39, 0.29) is 33.8 Å². The van der Waals surface area contributed by atoms with Gasteiger partial charge in [-0.05, 0) is 31.5 Å². The number of carbonyl (C=O) groups excluding carboxylic acids is 4. The molecule has 12 heteroatoms. The van der Waals surface area contributed by atoms with E-state index in [2.05, 4.69) is 0 Å². The van der Waals surface area contributed by atoms with Crippen molar-refractivity contribution < 1.29 is 58.2 Å². The van der Waals surface area contributed by atoms with E-state index < -0.39 is 66.3 Å². The average Bonchev–Trinajstić information content (AvgIpc) is 2.80. The molecule has 1 saturated heterocycles. The molecule has 0 spiro atoms. The molecule has 1 aliphatic carbocycles. The molecule has 0 radical (unpaired) electrons. The second-order valence-electron chi connectivity index (χ2n) is 9.44. The number of phenolic OH excluding ortho intramolecular Hbond substituents is 2. The van der Waals surface area contributed by atoms with Crippen LogP contribution >= 0.6 is 0 Å². The fourth-order valence-corrected chi connectivity index (χ4v) is 4.84. The van der Waals surface area contributed by atoms with Crippen LogP contribution in [-0.4, -0.2) is 69.7 Å². The number of aryl methyl sites for hydroxylation is 1. The molecule has 2 aromatic rings.